The minimum absolute atomic E-state index is 0.0746. The number of aromatic nitrogens is 2. The molecule has 1 N–H and O–H groups in total. The maximum Gasteiger partial charge on any atom is 0.251 e. The predicted molar refractivity (Wildman–Crippen MR) is 141 cm³/mol. The monoisotopic (exact) mass is 501 g/mol. The molecule has 0 saturated carbocycles. The quantitative estimate of drug-likeness (QED) is 0.328. The highest BCUT2D eigenvalue weighted by molar-refractivity contribution is 7.98. The van der Waals surface area contributed by atoms with Crippen molar-refractivity contribution in [1.29, 1.82) is 0 Å². The van der Waals surface area contributed by atoms with Gasteiger partial charge >= 0.3 is 0 Å². The molecular weight excluding hydrogens is 474 g/mol. The maximum atomic E-state index is 13.4. The molecule has 8 heteroatoms. The van der Waals surface area contributed by atoms with Crippen molar-refractivity contribution in [3.63, 3.8) is 0 Å². The van der Waals surface area contributed by atoms with E-state index in [2.05, 4.69) is 5.32 Å². The van der Waals surface area contributed by atoms with E-state index in [0.717, 1.165) is 16.8 Å². The number of fused-ring (bicyclic) bond motifs is 2. The highest BCUT2D eigenvalue weighted by Gasteiger charge is 2.24. The number of ketones is 1. The predicted octanol–water partition coefficient (Wildman–Crippen LogP) is 4.91. The normalized spacial score (nSPS) is 13.4. The second kappa shape index (κ2) is 10.9. The Bertz CT molecular complexity index is 1390. The van der Waals surface area contributed by atoms with Crippen LogP contribution in [0.15, 0.2) is 72.8 Å². The van der Waals surface area contributed by atoms with Crippen molar-refractivity contribution in [2.75, 3.05) is 25.2 Å². The third-order valence-corrected chi connectivity index (χ3v) is 6.76. The van der Waals surface area contributed by atoms with Crippen molar-refractivity contribution in [2.45, 2.75) is 19.0 Å². The summed E-state index contributed by atoms with van der Waals surface area (Å²) in [7, 11) is 0. The number of carbonyl (C=O) groups is 2. The summed E-state index contributed by atoms with van der Waals surface area (Å²) in [4.78, 5) is 31.4. The van der Waals surface area contributed by atoms with Gasteiger partial charge in [-0.3, -0.25) is 9.59 Å². The van der Waals surface area contributed by atoms with Gasteiger partial charge in [-0.1, -0.05) is 30.3 Å². The van der Waals surface area contributed by atoms with E-state index < -0.39 is 0 Å². The molecule has 1 atom stereocenters. The van der Waals surface area contributed by atoms with E-state index >= 15 is 0 Å². The number of rotatable bonds is 9. The fourth-order valence-corrected chi connectivity index (χ4v) is 4.78. The number of hydrogen-bond donors (Lipinski definition) is 1. The molecule has 1 aromatic heterocycles. The molecule has 0 bridgehead atoms. The fourth-order valence-electron chi connectivity index (χ4n) is 4.31. The van der Waals surface area contributed by atoms with Crippen LogP contribution in [0, 0.1) is 0 Å². The lowest BCUT2D eigenvalue weighted by atomic mass is 10.1. The van der Waals surface area contributed by atoms with Crippen molar-refractivity contribution in [2.24, 2.45) is 0 Å². The number of nitrogens with zero attached hydrogens (tertiary/aromatic N) is 2. The standard InChI is InChI=1S/C28H27N3O4S/c1-36-16-13-22(30-28(33)19-7-3-2-4-8-19)27-29-21-9-5-6-10-23(21)31(27)18-24(32)20-11-12-25-26(17-20)35-15-14-34-25/h2-12,17,22H,13-16,18H2,1H3,(H,30,33)/t22-/m1/s1. The van der Waals surface area contributed by atoms with Gasteiger partial charge in [0.05, 0.1) is 23.6 Å². The number of carbonyl (C=O) groups excluding carboxylic acids is 2. The van der Waals surface area contributed by atoms with Gasteiger partial charge in [0.15, 0.2) is 17.3 Å². The van der Waals surface area contributed by atoms with E-state index in [1.54, 1.807) is 42.1 Å². The summed E-state index contributed by atoms with van der Waals surface area (Å²) < 4.78 is 13.2. The number of Topliss-reactive ketones (excluding diaryl/α,β-unsaturated/α-hetero) is 1. The first-order valence-electron chi connectivity index (χ1n) is 11.9. The molecule has 1 aliphatic heterocycles. The molecule has 2 heterocycles. The van der Waals surface area contributed by atoms with Crippen LogP contribution >= 0.6 is 11.8 Å². The van der Waals surface area contributed by atoms with Crippen LogP contribution in [-0.2, 0) is 6.54 Å². The first-order valence-corrected chi connectivity index (χ1v) is 13.3. The minimum Gasteiger partial charge on any atom is -0.486 e. The summed E-state index contributed by atoms with van der Waals surface area (Å²) in [6.07, 6.45) is 2.71. The van der Waals surface area contributed by atoms with Gasteiger partial charge in [0, 0.05) is 11.1 Å². The first-order chi connectivity index (χ1) is 17.6. The number of para-hydroxylation sites is 2. The highest BCUT2D eigenvalue weighted by atomic mass is 32.2. The van der Waals surface area contributed by atoms with Gasteiger partial charge < -0.3 is 19.4 Å². The number of benzene rings is 3. The molecule has 0 fully saturated rings. The van der Waals surface area contributed by atoms with Gasteiger partial charge in [0.2, 0.25) is 0 Å². The third-order valence-electron chi connectivity index (χ3n) is 6.11. The SMILES string of the molecule is CSCC[C@@H](NC(=O)c1ccccc1)c1nc2ccccc2n1CC(=O)c1ccc2c(c1)OCCO2. The van der Waals surface area contributed by atoms with Crippen molar-refractivity contribution in [3.8, 4) is 11.5 Å². The van der Waals surface area contributed by atoms with Crippen LogP contribution in [0.1, 0.15) is 39.0 Å². The molecule has 7 nitrogen and oxygen atoms in total. The number of nitrogens with one attached hydrogen (secondary N) is 1. The second-order valence-electron chi connectivity index (χ2n) is 8.50. The molecule has 1 amide bonds. The van der Waals surface area contributed by atoms with Gasteiger partial charge in [-0.05, 0) is 60.9 Å². The molecule has 5 rings (SSSR count). The first kappa shape index (κ1) is 23.9. The Morgan fingerprint density at radius 2 is 1.72 bits per heavy atom. The molecule has 1 aliphatic rings. The number of thioether (sulfide) groups is 1. The molecule has 4 aromatic rings. The number of amides is 1. The molecular formula is C28H27N3O4S. The average molecular weight is 502 g/mol. The Morgan fingerprint density at radius 1 is 0.972 bits per heavy atom. The van der Waals surface area contributed by atoms with Crippen LogP contribution in [0.4, 0.5) is 0 Å². The van der Waals surface area contributed by atoms with E-state index in [1.807, 2.05) is 53.3 Å². The van der Waals surface area contributed by atoms with Crippen molar-refractivity contribution in [3.05, 3.63) is 89.7 Å². The van der Waals surface area contributed by atoms with E-state index in [1.165, 1.54) is 0 Å². The molecule has 0 aliphatic carbocycles. The van der Waals surface area contributed by atoms with Crippen LogP contribution in [-0.4, -0.2) is 46.5 Å². The molecule has 184 valence electrons. The average Bonchev–Trinajstić information content (AvgIpc) is 3.29. The zero-order valence-corrected chi connectivity index (χ0v) is 20.8. The second-order valence-corrected chi connectivity index (χ2v) is 9.49. The Kier molecular flexibility index (Phi) is 7.23. The van der Waals surface area contributed by atoms with Crippen LogP contribution < -0.4 is 14.8 Å². The maximum absolute atomic E-state index is 13.4. The van der Waals surface area contributed by atoms with Crippen LogP contribution in [0.2, 0.25) is 0 Å². The van der Waals surface area contributed by atoms with Crippen molar-refractivity contribution in [1.82, 2.24) is 14.9 Å². The molecule has 0 saturated heterocycles. The lowest BCUT2D eigenvalue weighted by Gasteiger charge is -2.21. The fraction of sp³-hybridized carbons (Fsp3) is 0.250. The van der Waals surface area contributed by atoms with Gasteiger partial charge in [-0.25, -0.2) is 4.98 Å². The summed E-state index contributed by atoms with van der Waals surface area (Å²) in [6, 6.07) is 21.8. The third kappa shape index (κ3) is 5.09. The Balaban J connectivity index is 1.49. The Labute approximate surface area is 213 Å². The van der Waals surface area contributed by atoms with Gasteiger partial charge in [-0.15, -0.1) is 0 Å². The summed E-state index contributed by atoms with van der Waals surface area (Å²) in [5.41, 5.74) is 2.76. The van der Waals surface area contributed by atoms with Crippen LogP contribution in [0.3, 0.4) is 0 Å². The molecule has 0 unspecified atom stereocenters. The molecule has 3 aromatic carbocycles. The smallest absolute Gasteiger partial charge is 0.251 e. The van der Waals surface area contributed by atoms with E-state index in [4.69, 9.17) is 14.5 Å². The van der Waals surface area contributed by atoms with Crippen LogP contribution in [0.5, 0.6) is 11.5 Å². The number of hydrogen-bond acceptors (Lipinski definition) is 6. The topological polar surface area (TPSA) is 82.5 Å². The van der Waals surface area contributed by atoms with Crippen LogP contribution in [0.25, 0.3) is 11.0 Å². The van der Waals surface area contributed by atoms with Gasteiger partial charge in [-0.2, -0.15) is 11.8 Å². The minimum atomic E-state index is -0.356. The summed E-state index contributed by atoms with van der Waals surface area (Å²) in [5.74, 6) is 2.48. The summed E-state index contributed by atoms with van der Waals surface area (Å²) >= 11 is 1.70. The highest BCUT2D eigenvalue weighted by Crippen LogP contribution is 2.31. The van der Waals surface area contributed by atoms with Crippen molar-refractivity contribution >= 4 is 34.5 Å². The molecule has 0 radical (unpaired) electrons. The lowest BCUT2D eigenvalue weighted by molar-refractivity contribution is 0.0933. The zero-order chi connectivity index (χ0) is 24.9. The molecule has 36 heavy (non-hydrogen) atoms. The van der Waals surface area contributed by atoms with E-state index in [0.29, 0.717) is 48.1 Å². The molecule has 0 spiro atoms. The largest absolute Gasteiger partial charge is 0.486 e. The summed E-state index contributed by atoms with van der Waals surface area (Å²) in [5, 5.41) is 3.16. The van der Waals surface area contributed by atoms with Crippen molar-refractivity contribution < 1.29 is 19.1 Å². The number of ether oxygens (including phenoxy) is 2. The van der Waals surface area contributed by atoms with Gasteiger partial charge in [0.25, 0.3) is 5.91 Å². The Morgan fingerprint density at radius 3 is 2.53 bits per heavy atom. The Hall–Kier alpha value is -3.78. The lowest BCUT2D eigenvalue weighted by Crippen LogP contribution is -2.31. The zero-order valence-electron chi connectivity index (χ0n) is 20.0. The van der Waals surface area contributed by atoms with E-state index in [-0.39, 0.29) is 24.3 Å². The van der Waals surface area contributed by atoms with Gasteiger partial charge in [0.1, 0.15) is 19.0 Å². The van der Waals surface area contributed by atoms with E-state index in [9.17, 15) is 9.59 Å². The summed E-state index contributed by atoms with van der Waals surface area (Å²) in [6.45, 7) is 1.04. The number of imidazole rings is 1.